The summed E-state index contributed by atoms with van der Waals surface area (Å²) in [7, 11) is 0. The maximum Gasteiger partial charge on any atom is 0.252 e. The molecule has 0 saturated heterocycles. The molecule has 0 unspecified atom stereocenters. The van der Waals surface area contributed by atoms with Gasteiger partial charge in [0.1, 0.15) is 0 Å². The van der Waals surface area contributed by atoms with Gasteiger partial charge < -0.3 is 5.32 Å². The second-order valence-corrected chi connectivity index (χ2v) is 7.86. The number of aryl methyl sites for hydroxylation is 1. The summed E-state index contributed by atoms with van der Waals surface area (Å²) in [5.41, 5.74) is 3.25. The molecule has 0 radical (unpaired) electrons. The van der Waals surface area contributed by atoms with E-state index < -0.39 is 0 Å². The van der Waals surface area contributed by atoms with Gasteiger partial charge in [-0.25, -0.2) is 9.67 Å². The highest BCUT2D eigenvalue weighted by Gasteiger charge is 2.30. The van der Waals surface area contributed by atoms with Crippen molar-refractivity contribution in [3.63, 3.8) is 0 Å². The highest BCUT2D eigenvalue weighted by atomic mass is 16.1. The van der Waals surface area contributed by atoms with Crippen molar-refractivity contribution in [2.45, 2.75) is 71.9 Å². The van der Waals surface area contributed by atoms with E-state index in [9.17, 15) is 4.79 Å². The molecule has 0 bridgehead atoms. The zero-order chi connectivity index (χ0) is 16.9. The van der Waals surface area contributed by atoms with Crippen LogP contribution in [0.3, 0.4) is 0 Å². The third kappa shape index (κ3) is 2.96. The van der Waals surface area contributed by atoms with Gasteiger partial charge in [-0.1, -0.05) is 0 Å². The van der Waals surface area contributed by atoms with Gasteiger partial charge >= 0.3 is 0 Å². The van der Waals surface area contributed by atoms with Crippen LogP contribution in [-0.2, 0) is 5.54 Å². The highest BCUT2D eigenvalue weighted by Crippen LogP contribution is 2.40. The Labute approximate surface area is 137 Å². The molecule has 2 aromatic rings. The average Bonchev–Trinajstić information content (AvgIpc) is 3.21. The van der Waals surface area contributed by atoms with Crippen molar-refractivity contribution in [3.8, 4) is 0 Å². The van der Waals surface area contributed by atoms with Crippen LogP contribution >= 0.6 is 0 Å². The normalized spacial score (nSPS) is 15.4. The summed E-state index contributed by atoms with van der Waals surface area (Å²) in [5.74, 6) is 0.458. The van der Waals surface area contributed by atoms with E-state index in [1.54, 1.807) is 0 Å². The number of carbonyl (C=O) groups is 1. The molecule has 2 heterocycles. The van der Waals surface area contributed by atoms with Gasteiger partial charge in [0.05, 0.1) is 22.2 Å². The minimum Gasteiger partial charge on any atom is -0.350 e. The van der Waals surface area contributed by atoms with E-state index >= 15 is 0 Å². The summed E-state index contributed by atoms with van der Waals surface area (Å²) < 4.78 is 1.95. The molecule has 1 aliphatic carbocycles. The molecular weight excluding hydrogens is 288 g/mol. The molecule has 1 amide bonds. The second kappa shape index (κ2) is 5.32. The summed E-state index contributed by atoms with van der Waals surface area (Å²) in [6.45, 7) is 12.2. The number of nitrogens with one attached hydrogen (secondary N) is 1. The van der Waals surface area contributed by atoms with E-state index in [4.69, 9.17) is 4.98 Å². The predicted molar refractivity (Wildman–Crippen MR) is 91.8 cm³/mol. The third-order valence-electron chi connectivity index (χ3n) is 4.13. The summed E-state index contributed by atoms with van der Waals surface area (Å²) in [6.07, 6.45) is 2.32. The number of hydrogen-bond donors (Lipinski definition) is 1. The van der Waals surface area contributed by atoms with Crippen molar-refractivity contribution in [1.82, 2.24) is 20.1 Å². The van der Waals surface area contributed by atoms with Crippen molar-refractivity contribution in [3.05, 3.63) is 23.0 Å². The van der Waals surface area contributed by atoms with Crippen LogP contribution in [0.2, 0.25) is 0 Å². The molecule has 1 N–H and O–H groups in total. The van der Waals surface area contributed by atoms with E-state index in [-0.39, 0.29) is 17.5 Å². The Kier molecular flexibility index (Phi) is 3.69. The fourth-order valence-corrected chi connectivity index (χ4v) is 2.88. The molecule has 0 atom stereocenters. The van der Waals surface area contributed by atoms with E-state index in [1.807, 2.05) is 31.5 Å². The Morgan fingerprint density at radius 2 is 2.00 bits per heavy atom. The maximum atomic E-state index is 12.7. The predicted octanol–water partition coefficient (Wildman–Crippen LogP) is 3.51. The zero-order valence-corrected chi connectivity index (χ0v) is 14.9. The van der Waals surface area contributed by atoms with Gasteiger partial charge in [0.25, 0.3) is 5.91 Å². The number of fused-ring (bicyclic) bond motifs is 1. The molecule has 5 nitrogen and oxygen atoms in total. The van der Waals surface area contributed by atoms with Crippen LogP contribution in [0.5, 0.6) is 0 Å². The largest absolute Gasteiger partial charge is 0.350 e. The molecule has 0 spiro atoms. The zero-order valence-electron chi connectivity index (χ0n) is 14.9. The number of aromatic nitrogens is 3. The number of pyridine rings is 1. The highest BCUT2D eigenvalue weighted by molar-refractivity contribution is 6.06. The summed E-state index contributed by atoms with van der Waals surface area (Å²) >= 11 is 0. The molecular formula is C18H26N4O. The van der Waals surface area contributed by atoms with Gasteiger partial charge in [-0.15, -0.1) is 0 Å². The van der Waals surface area contributed by atoms with E-state index in [1.165, 1.54) is 0 Å². The van der Waals surface area contributed by atoms with Crippen LogP contribution in [-0.4, -0.2) is 26.7 Å². The third-order valence-corrected chi connectivity index (χ3v) is 4.13. The van der Waals surface area contributed by atoms with Crippen LogP contribution in [0.1, 0.15) is 75.1 Å². The van der Waals surface area contributed by atoms with Gasteiger partial charge in [0.2, 0.25) is 0 Å². The van der Waals surface area contributed by atoms with Crippen LogP contribution < -0.4 is 5.32 Å². The minimum absolute atomic E-state index is 0.0362. The van der Waals surface area contributed by atoms with Crippen LogP contribution in [0.25, 0.3) is 11.0 Å². The summed E-state index contributed by atoms with van der Waals surface area (Å²) in [5, 5.41) is 8.56. The number of amides is 1. The molecule has 3 rings (SSSR count). The lowest BCUT2D eigenvalue weighted by atomic mass is 10.1. The summed E-state index contributed by atoms with van der Waals surface area (Å²) in [4.78, 5) is 17.6. The molecule has 124 valence electrons. The van der Waals surface area contributed by atoms with Crippen molar-refractivity contribution in [2.75, 3.05) is 0 Å². The van der Waals surface area contributed by atoms with Crippen LogP contribution in [0.4, 0.5) is 0 Å². The molecule has 1 aliphatic rings. The van der Waals surface area contributed by atoms with Crippen molar-refractivity contribution < 1.29 is 4.79 Å². The first-order chi connectivity index (χ1) is 10.7. The van der Waals surface area contributed by atoms with E-state index in [0.717, 1.165) is 35.3 Å². The first-order valence-electron chi connectivity index (χ1n) is 8.40. The Morgan fingerprint density at radius 1 is 1.35 bits per heavy atom. The fraction of sp³-hybridized carbons (Fsp3) is 0.611. The first kappa shape index (κ1) is 16.0. The Morgan fingerprint density at radius 3 is 2.52 bits per heavy atom. The van der Waals surface area contributed by atoms with Crippen molar-refractivity contribution in [1.29, 1.82) is 0 Å². The second-order valence-electron chi connectivity index (χ2n) is 7.86. The lowest BCUT2D eigenvalue weighted by Crippen LogP contribution is -2.30. The van der Waals surface area contributed by atoms with Gasteiger partial charge in [-0.3, -0.25) is 4.79 Å². The molecule has 0 aromatic carbocycles. The van der Waals surface area contributed by atoms with Crippen molar-refractivity contribution in [2.24, 2.45) is 0 Å². The number of hydrogen-bond acceptors (Lipinski definition) is 3. The van der Waals surface area contributed by atoms with Crippen molar-refractivity contribution >= 4 is 16.9 Å². The molecule has 5 heteroatoms. The molecule has 1 fully saturated rings. The lowest BCUT2D eigenvalue weighted by molar-refractivity contribution is 0.0944. The lowest BCUT2D eigenvalue weighted by Gasteiger charge is -2.20. The SMILES string of the molecule is Cc1nn(C(C)(C)C)c2nc(C3CC3)cc(C(=O)NC(C)C)c12. The monoisotopic (exact) mass is 314 g/mol. The molecule has 1 saturated carbocycles. The molecule has 23 heavy (non-hydrogen) atoms. The quantitative estimate of drug-likeness (QED) is 0.943. The number of rotatable bonds is 3. The Hall–Kier alpha value is -1.91. The Bertz CT molecular complexity index is 763. The minimum atomic E-state index is -0.173. The number of carbonyl (C=O) groups excluding carboxylic acids is 1. The first-order valence-corrected chi connectivity index (χ1v) is 8.40. The van der Waals surface area contributed by atoms with Gasteiger partial charge in [-0.05, 0) is 60.5 Å². The topological polar surface area (TPSA) is 59.8 Å². The molecule has 2 aromatic heterocycles. The summed E-state index contributed by atoms with van der Waals surface area (Å²) in [6, 6.07) is 2.08. The molecule has 0 aliphatic heterocycles. The number of nitrogens with zero attached hydrogens (tertiary/aromatic N) is 3. The van der Waals surface area contributed by atoms with Gasteiger partial charge in [-0.2, -0.15) is 5.10 Å². The van der Waals surface area contributed by atoms with Crippen LogP contribution in [0, 0.1) is 6.92 Å². The maximum absolute atomic E-state index is 12.7. The standard InChI is InChI=1S/C18H26N4O/c1-10(2)19-17(23)13-9-14(12-7-8-12)20-16-15(13)11(3)21-22(16)18(4,5)6/h9-10,12H,7-8H2,1-6H3,(H,19,23). The Balaban J connectivity index is 2.25. The average molecular weight is 314 g/mol. The van der Waals surface area contributed by atoms with E-state index in [0.29, 0.717) is 11.5 Å². The fourth-order valence-electron chi connectivity index (χ4n) is 2.88. The van der Waals surface area contributed by atoms with Crippen LogP contribution in [0.15, 0.2) is 6.07 Å². The van der Waals surface area contributed by atoms with Gasteiger partial charge in [0.15, 0.2) is 5.65 Å². The smallest absolute Gasteiger partial charge is 0.252 e. The van der Waals surface area contributed by atoms with E-state index in [2.05, 4.69) is 31.2 Å². The van der Waals surface area contributed by atoms with Gasteiger partial charge in [0, 0.05) is 17.7 Å².